The molecule has 0 saturated carbocycles. The Morgan fingerprint density at radius 1 is 0.800 bits per heavy atom. The summed E-state index contributed by atoms with van der Waals surface area (Å²) in [6.07, 6.45) is 5.28. The molecule has 0 aliphatic rings. The number of allylic oxidation sites excluding steroid dienone is 1. The first-order valence-corrected chi connectivity index (χ1v) is 7.09. The lowest BCUT2D eigenvalue weighted by Gasteiger charge is -2.00. The third-order valence-electron chi connectivity index (χ3n) is 3.35. The smallest absolute Gasteiger partial charge is 0.0406 e. The van der Waals surface area contributed by atoms with Crippen LogP contribution in [0.3, 0.4) is 0 Å². The normalized spacial score (nSPS) is 11.2. The summed E-state index contributed by atoms with van der Waals surface area (Å²) in [6.45, 7) is 0. The molecule has 0 nitrogen and oxygen atoms in total. The molecule has 0 N–H and O–H groups in total. The second kappa shape index (κ2) is 5.94. The van der Waals surface area contributed by atoms with Crippen molar-refractivity contribution in [2.45, 2.75) is 6.42 Å². The van der Waals surface area contributed by atoms with Gasteiger partial charge in [0.25, 0.3) is 0 Å². The fraction of sp³-hybridized carbons (Fsp3) is 0.0526. The second-order valence-corrected chi connectivity index (χ2v) is 5.28. The lowest BCUT2D eigenvalue weighted by atomic mass is 10.1. The lowest BCUT2D eigenvalue weighted by molar-refractivity contribution is 1.28. The van der Waals surface area contributed by atoms with Crippen LogP contribution in [0, 0.1) is 0 Å². The highest BCUT2D eigenvalue weighted by Crippen LogP contribution is 2.17. The zero-order valence-corrected chi connectivity index (χ0v) is 11.8. The molecule has 0 aliphatic heterocycles. The maximum absolute atomic E-state index is 5.88. The molecule has 0 heterocycles. The van der Waals surface area contributed by atoms with E-state index in [1.807, 2.05) is 12.1 Å². The molecule has 0 radical (unpaired) electrons. The molecular weight excluding hydrogens is 264 g/mol. The van der Waals surface area contributed by atoms with Gasteiger partial charge in [0.1, 0.15) is 0 Å². The van der Waals surface area contributed by atoms with Crippen molar-refractivity contribution < 1.29 is 0 Å². The zero-order chi connectivity index (χ0) is 13.8. The van der Waals surface area contributed by atoms with Crippen LogP contribution >= 0.6 is 11.6 Å². The summed E-state index contributed by atoms with van der Waals surface area (Å²) >= 11 is 5.88. The Kier molecular flexibility index (Phi) is 3.85. The van der Waals surface area contributed by atoms with Gasteiger partial charge in [-0.1, -0.05) is 72.3 Å². The van der Waals surface area contributed by atoms with Gasteiger partial charge in [0.15, 0.2) is 0 Å². The highest BCUT2D eigenvalue weighted by molar-refractivity contribution is 6.30. The van der Waals surface area contributed by atoms with E-state index < -0.39 is 0 Å². The molecule has 0 amide bonds. The van der Waals surface area contributed by atoms with Gasteiger partial charge in [-0.15, -0.1) is 0 Å². The average Bonchev–Trinajstić information content (AvgIpc) is 2.49. The topological polar surface area (TPSA) is 0 Å². The van der Waals surface area contributed by atoms with Crippen LogP contribution in [0.5, 0.6) is 0 Å². The SMILES string of the molecule is Clc1ccc(C/C=C/c2ccc3ccccc3c2)cc1. The third-order valence-corrected chi connectivity index (χ3v) is 3.60. The average molecular weight is 279 g/mol. The molecule has 0 saturated heterocycles. The molecular formula is C19H15Cl. The molecule has 0 spiro atoms. The van der Waals surface area contributed by atoms with Crippen molar-refractivity contribution in [3.8, 4) is 0 Å². The predicted octanol–water partition coefficient (Wildman–Crippen LogP) is 5.75. The van der Waals surface area contributed by atoms with Gasteiger partial charge in [-0.3, -0.25) is 0 Å². The van der Waals surface area contributed by atoms with Gasteiger partial charge in [0, 0.05) is 5.02 Å². The van der Waals surface area contributed by atoms with E-state index in [0.717, 1.165) is 11.4 Å². The quantitative estimate of drug-likeness (QED) is 0.572. The number of hydrogen-bond donors (Lipinski definition) is 0. The Balaban J connectivity index is 1.75. The van der Waals surface area contributed by atoms with Crippen molar-refractivity contribution in [2.75, 3.05) is 0 Å². The largest absolute Gasteiger partial charge is 0.0843 e. The molecule has 0 aromatic heterocycles. The Labute approximate surface area is 124 Å². The van der Waals surface area contributed by atoms with Crippen LogP contribution < -0.4 is 0 Å². The van der Waals surface area contributed by atoms with E-state index in [0.29, 0.717) is 0 Å². The fourth-order valence-electron chi connectivity index (χ4n) is 2.26. The van der Waals surface area contributed by atoms with Gasteiger partial charge < -0.3 is 0 Å². The number of hydrogen-bond acceptors (Lipinski definition) is 0. The third kappa shape index (κ3) is 3.09. The summed E-state index contributed by atoms with van der Waals surface area (Å²) in [4.78, 5) is 0. The Morgan fingerprint density at radius 2 is 1.55 bits per heavy atom. The van der Waals surface area contributed by atoms with Crippen molar-refractivity contribution in [1.29, 1.82) is 0 Å². The summed E-state index contributed by atoms with van der Waals surface area (Å²) in [5.74, 6) is 0. The minimum atomic E-state index is 0.784. The van der Waals surface area contributed by atoms with E-state index in [4.69, 9.17) is 11.6 Å². The lowest BCUT2D eigenvalue weighted by Crippen LogP contribution is -1.80. The van der Waals surface area contributed by atoms with E-state index in [9.17, 15) is 0 Å². The van der Waals surface area contributed by atoms with Gasteiger partial charge in [-0.2, -0.15) is 0 Å². The van der Waals surface area contributed by atoms with E-state index in [-0.39, 0.29) is 0 Å². The summed E-state index contributed by atoms with van der Waals surface area (Å²) in [6, 6.07) is 22.9. The van der Waals surface area contributed by atoms with E-state index >= 15 is 0 Å². The summed E-state index contributed by atoms with van der Waals surface area (Å²) in [5, 5.41) is 3.34. The van der Waals surface area contributed by atoms with Gasteiger partial charge in [-0.25, -0.2) is 0 Å². The number of benzene rings is 3. The van der Waals surface area contributed by atoms with E-state index in [1.54, 1.807) is 0 Å². The minimum absolute atomic E-state index is 0.784. The predicted molar refractivity (Wildman–Crippen MR) is 88.1 cm³/mol. The Bertz CT molecular complexity index is 739. The molecule has 1 heteroatoms. The van der Waals surface area contributed by atoms with Crippen LogP contribution in [0.4, 0.5) is 0 Å². The van der Waals surface area contributed by atoms with E-state index in [2.05, 4.69) is 66.7 Å². The summed E-state index contributed by atoms with van der Waals surface area (Å²) in [5.41, 5.74) is 2.50. The molecule has 0 bridgehead atoms. The molecule has 0 unspecified atom stereocenters. The minimum Gasteiger partial charge on any atom is -0.0843 e. The first kappa shape index (κ1) is 13.0. The van der Waals surface area contributed by atoms with Crippen molar-refractivity contribution in [2.24, 2.45) is 0 Å². The van der Waals surface area contributed by atoms with Gasteiger partial charge in [-0.05, 0) is 46.5 Å². The first-order chi connectivity index (χ1) is 9.81. The van der Waals surface area contributed by atoms with E-state index in [1.165, 1.54) is 21.9 Å². The molecule has 98 valence electrons. The molecule has 0 atom stereocenters. The van der Waals surface area contributed by atoms with Crippen molar-refractivity contribution in [3.05, 3.63) is 89.0 Å². The zero-order valence-electron chi connectivity index (χ0n) is 11.1. The summed E-state index contributed by atoms with van der Waals surface area (Å²) < 4.78 is 0. The number of rotatable bonds is 3. The standard InChI is InChI=1S/C19H15Cl/c20-19-12-9-15(10-13-19)4-3-5-16-8-11-17-6-1-2-7-18(17)14-16/h1-3,5-14H,4H2/b5-3+. The molecule has 3 rings (SSSR count). The van der Waals surface area contributed by atoms with Crippen molar-refractivity contribution in [3.63, 3.8) is 0 Å². The maximum atomic E-state index is 5.88. The van der Waals surface area contributed by atoms with Crippen LogP contribution in [-0.4, -0.2) is 0 Å². The van der Waals surface area contributed by atoms with Gasteiger partial charge in [0.05, 0.1) is 0 Å². The maximum Gasteiger partial charge on any atom is 0.0406 e. The highest BCUT2D eigenvalue weighted by atomic mass is 35.5. The highest BCUT2D eigenvalue weighted by Gasteiger charge is 1.93. The van der Waals surface area contributed by atoms with Crippen molar-refractivity contribution >= 4 is 28.4 Å². The molecule has 3 aromatic rings. The summed E-state index contributed by atoms with van der Waals surface area (Å²) in [7, 11) is 0. The molecule has 0 aliphatic carbocycles. The van der Waals surface area contributed by atoms with Crippen LogP contribution in [0.25, 0.3) is 16.8 Å². The van der Waals surface area contributed by atoms with Crippen LogP contribution in [-0.2, 0) is 6.42 Å². The van der Waals surface area contributed by atoms with Crippen LogP contribution in [0.1, 0.15) is 11.1 Å². The molecule has 3 aromatic carbocycles. The van der Waals surface area contributed by atoms with Gasteiger partial charge >= 0.3 is 0 Å². The van der Waals surface area contributed by atoms with Crippen LogP contribution in [0.15, 0.2) is 72.8 Å². The molecule has 20 heavy (non-hydrogen) atoms. The van der Waals surface area contributed by atoms with Crippen molar-refractivity contribution in [1.82, 2.24) is 0 Å². The first-order valence-electron chi connectivity index (χ1n) is 6.71. The Morgan fingerprint density at radius 3 is 2.35 bits per heavy atom. The number of halogens is 1. The monoisotopic (exact) mass is 278 g/mol. The van der Waals surface area contributed by atoms with Gasteiger partial charge in [0.2, 0.25) is 0 Å². The second-order valence-electron chi connectivity index (χ2n) is 4.84. The fourth-order valence-corrected chi connectivity index (χ4v) is 2.39. The number of fused-ring (bicyclic) bond motifs is 1. The molecule has 0 fully saturated rings. The van der Waals surface area contributed by atoms with Crippen LogP contribution in [0.2, 0.25) is 5.02 Å². The Hall–Kier alpha value is -2.05.